The van der Waals surface area contributed by atoms with Crippen molar-refractivity contribution in [3.8, 4) is 0 Å². The molecule has 2 amide bonds. The summed E-state index contributed by atoms with van der Waals surface area (Å²) >= 11 is 1.55. The Morgan fingerprint density at radius 1 is 1.38 bits per heavy atom. The van der Waals surface area contributed by atoms with Gasteiger partial charge in [-0.25, -0.2) is 0 Å². The molecule has 0 radical (unpaired) electrons. The van der Waals surface area contributed by atoms with Crippen molar-refractivity contribution in [3.63, 3.8) is 0 Å². The van der Waals surface area contributed by atoms with Gasteiger partial charge >= 0.3 is 0 Å². The fraction of sp³-hybridized carbons (Fsp3) is 0.250. The molecule has 1 aromatic carbocycles. The molecule has 1 atom stereocenters. The van der Waals surface area contributed by atoms with Crippen molar-refractivity contribution in [2.75, 3.05) is 7.05 Å². The second kappa shape index (κ2) is 7.69. The first-order valence-corrected chi connectivity index (χ1v) is 8.14. The normalized spacial score (nSPS) is 11.6. The maximum Gasteiger partial charge on any atom is 0.270 e. The zero-order valence-corrected chi connectivity index (χ0v) is 14.1. The maximum absolute atomic E-state index is 12.3. The van der Waals surface area contributed by atoms with Crippen molar-refractivity contribution >= 4 is 28.8 Å². The third kappa shape index (κ3) is 4.39. The lowest BCUT2D eigenvalue weighted by Gasteiger charge is -2.21. The zero-order valence-electron chi connectivity index (χ0n) is 13.3. The minimum Gasteiger partial charge on any atom is -0.341 e. The number of hydrogen-bond donors (Lipinski definition) is 1. The van der Waals surface area contributed by atoms with E-state index < -0.39 is 16.9 Å². The molecule has 1 heterocycles. The molecule has 1 unspecified atom stereocenters. The molecule has 2 rings (SSSR count). The summed E-state index contributed by atoms with van der Waals surface area (Å²) in [6.45, 7) is 2.04. The van der Waals surface area contributed by atoms with E-state index >= 15 is 0 Å². The number of amides is 2. The van der Waals surface area contributed by atoms with Crippen LogP contribution in [0.2, 0.25) is 0 Å². The highest BCUT2D eigenvalue weighted by molar-refractivity contribution is 7.07. The molecule has 7 nitrogen and oxygen atoms in total. The molecule has 24 heavy (non-hydrogen) atoms. The number of hydrogen-bond acceptors (Lipinski definition) is 5. The van der Waals surface area contributed by atoms with Crippen LogP contribution in [0.4, 0.5) is 5.69 Å². The van der Waals surface area contributed by atoms with Gasteiger partial charge in [0, 0.05) is 31.3 Å². The van der Waals surface area contributed by atoms with Crippen LogP contribution in [0, 0.1) is 10.1 Å². The highest BCUT2D eigenvalue weighted by atomic mass is 32.1. The summed E-state index contributed by atoms with van der Waals surface area (Å²) in [6.07, 6.45) is 0. The lowest BCUT2D eigenvalue weighted by Crippen LogP contribution is -2.45. The second-order valence-electron chi connectivity index (χ2n) is 5.33. The molecule has 0 aliphatic heterocycles. The predicted molar refractivity (Wildman–Crippen MR) is 90.8 cm³/mol. The van der Waals surface area contributed by atoms with E-state index in [9.17, 15) is 19.7 Å². The molecular weight excluding hydrogens is 330 g/mol. The Kier molecular flexibility index (Phi) is 5.64. The van der Waals surface area contributed by atoms with Crippen LogP contribution < -0.4 is 5.32 Å². The number of likely N-dealkylation sites (N-methyl/N-ethyl adjacent to an activating group) is 1. The van der Waals surface area contributed by atoms with E-state index in [1.807, 2.05) is 16.8 Å². The Bertz CT molecular complexity index is 746. The van der Waals surface area contributed by atoms with Gasteiger partial charge in [0.2, 0.25) is 5.91 Å². The molecule has 0 aliphatic carbocycles. The number of thiophene rings is 1. The lowest BCUT2D eigenvalue weighted by atomic mass is 10.1. The Hall–Kier alpha value is -2.74. The van der Waals surface area contributed by atoms with Crippen molar-refractivity contribution in [1.29, 1.82) is 0 Å². The van der Waals surface area contributed by atoms with Crippen LogP contribution in [-0.4, -0.2) is 34.7 Å². The summed E-state index contributed by atoms with van der Waals surface area (Å²) in [5.74, 6) is -0.761. The first kappa shape index (κ1) is 17.6. The summed E-state index contributed by atoms with van der Waals surface area (Å²) < 4.78 is 0. The van der Waals surface area contributed by atoms with E-state index in [0.29, 0.717) is 6.54 Å². The standard InChI is InChI=1S/C16H17N3O4S/c1-11(16(21)18(2)9-12-6-7-24-10-12)17-15(20)13-4-3-5-14(8-13)19(22)23/h3-8,10-11H,9H2,1-2H3,(H,17,20). The molecule has 0 saturated carbocycles. The fourth-order valence-electron chi connectivity index (χ4n) is 2.17. The van der Waals surface area contributed by atoms with Crippen LogP contribution in [0.15, 0.2) is 41.1 Å². The average Bonchev–Trinajstić information content (AvgIpc) is 3.06. The molecule has 0 spiro atoms. The summed E-state index contributed by atoms with van der Waals surface area (Å²) in [5, 5.41) is 17.2. The third-order valence-electron chi connectivity index (χ3n) is 3.41. The number of carbonyl (C=O) groups excluding carboxylic acids is 2. The molecule has 0 fully saturated rings. The highest BCUT2D eigenvalue weighted by Gasteiger charge is 2.21. The van der Waals surface area contributed by atoms with Gasteiger partial charge in [-0.15, -0.1) is 0 Å². The lowest BCUT2D eigenvalue weighted by molar-refractivity contribution is -0.384. The molecule has 0 aliphatic rings. The van der Waals surface area contributed by atoms with Crippen LogP contribution in [0.1, 0.15) is 22.8 Å². The third-order valence-corrected chi connectivity index (χ3v) is 4.15. The number of nitrogens with one attached hydrogen (secondary N) is 1. The predicted octanol–water partition coefficient (Wildman–Crippen LogP) is 2.43. The molecule has 126 valence electrons. The average molecular weight is 347 g/mol. The van der Waals surface area contributed by atoms with Crippen LogP contribution in [-0.2, 0) is 11.3 Å². The number of nitro benzene ring substituents is 1. The van der Waals surface area contributed by atoms with Crippen molar-refractivity contribution in [1.82, 2.24) is 10.2 Å². The number of benzene rings is 1. The zero-order chi connectivity index (χ0) is 17.7. The molecule has 0 bridgehead atoms. The molecule has 1 N–H and O–H groups in total. The van der Waals surface area contributed by atoms with Crippen molar-refractivity contribution < 1.29 is 14.5 Å². The summed E-state index contributed by atoms with van der Waals surface area (Å²) in [6, 6.07) is 6.58. The van der Waals surface area contributed by atoms with Crippen LogP contribution >= 0.6 is 11.3 Å². The first-order valence-electron chi connectivity index (χ1n) is 7.20. The summed E-state index contributed by atoms with van der Waals surface area (Å²) in [4.78, 5) is 36.2. The van der Waals surface area contributed by atoms with E-state index in [2.05, 4.69) is 5.32 Å². The molecule has 2 aromatic rings. The van der Waals surface area contributed by atoms with Gasteiger partial charge in [0.15, 0.2) is 0 Å². The van der Waals surface area contributed by atoms with Crippen LogP contribution in [0.3, 0.4) is 0 Å². The van der Waals surface area contributed by atoms with E-state index in [4.69, 9.17) is 0 Å². The van der Waals surface area contributed by atoms with E-state index in [-0.39, 0.29) is 17.2 Å². The topological polar surface area (TPSA) is 92.5 Å². The minimum atomic E-state index is -0.736. The van der Waals surface area contributed by atoms with Crippen molar-refractivity contribution in [2.24, 2.45) is 0 Å². The van der Waals surface area contributed by atoms with Gasteiger partial charge in [-0.2, -0.15) is 11.3 Å². The van der Waals surface area contributed by atoms with Gasteiger partial charge in [0.25, 0.3) is 11.6 Å². The minimum absolute atomic E-state index is 0.143. The Morgan fingerprint density at radius 2 is 2.12 bits per heavy atom. The monoisotopic (exact) mass is 347 g/mol. The van der Waals surface area contributed by atoms with Gasteiger partial charge in [-0.05, 0) is 35.4 Å². The largest absolute Gasteiger partial charge is 0.341 e. The summed E-state index contributed by atoms with van der Waals surface area (Å²) in [7, 11) is 1.66. The number of rotatable bonds is 6. The molecule has 1 aromatic heterocycles. The summed E-state index contributed by atoms with van der Waals surface area (Å²) in [5.41, 5.74) is 0.994. The molecular formula is C16H17N3O4S. The second-order valence-corrected chi connectivity index (χ2v) is 6.11. The van der Waals surface area contributed by atoms with E-state index in [0.717, 1.165) is 5.56 Å². The number of carbonyl (C=O) groups is 2. The van der Waals surface area contributed by atoms with Gasteiger partial charge in [0.05, 0.1) is 4.92 Å². The van der Waals surface area contributed by atoms with Crippen LogP contribution in [0.25, 0.3) is 0 Å². The Labute approximate surface area is 143 Å². The van der Waals surface area contributed by atoms with Crippen molar-refractivity contribution in [2.45, 2.75) is 19.5 Å². The highest BCUT2D eigenvalue weighted by Crippen LogP contribution is 2.13. The molecule has 0 saturated heterocycles. The Morgan fingerprint density at radius 3 is 2.75 bits per heavy atom. The van der Waals surface area contributed by atoms with Gasteiger partial charge in [0.1, 0.15) is 6.04 Å². The quantitative estimate of drug-likeness (QED) is 0.641. The number of non-ortho nitro benzene ring substituents is 1. The molecule has 8 heteroatoms. The SMILES string of the molecule is CC(NC(=O)c1cccc([N+](=O)[O-])c1)C(=O)N(C)Cc1ccsc1. The smallest absolute Gasteiger partial charge is 0.270 e. The number of nitro groups is 1. The van der Waals surface area contributed by atoms with E-state index in [1.165, 1.54) is 29.2 Å². The maximum atomic E-state index is 12.3. The first-order chi connectivity index (χ1) is 11.4. The fourth-order valence-corrected chi connectivity index (χ4v) is 2.83. The van der Waals surface area contributed by atoms with Gasteiger partial charge in [-0.1, -0.05) is 6.07 Å². The van der Waals surface area contributed by atoms with Crippen LogP contribution in [0.5, 0.6) is 0 Å². The van der Waals surface area contributed by atoms with Gasteiger partial charge in [-0.3, -0.25) is 19.7 Å². The van der Waals surface area contributed by atoms with Gasteiger partial charge < -0.3 is 10.2 Å². The van der Waals surface area contributed by atoms with E-state index in [1.54, 1.807) is 25.3 Å². The number of nitrogens with zero attached hydrogens (tertiary/aromatic N) is 2. The Balaban J connectivity index is 1.98. The van der Waals surface area contributed by atoms with Crippen molar-refractivity contribution in [3.05, 3.63) is 62.3 Å².